The summed E-state index contributed by atoms with van der Waals surface area (Å²) < 4.78 is 18.4. The quantitative estimate of drug-likeness (QED) is 0.815. The molecule has 1 aliphatic rings. The summed E-state index contributed by atoms with van der Waals surface area (Å²) in [5.41, 5.74) is 3.46. The number of hydrogen-bond donors (Lipinski definition) is 3. The number of ether oxygens (including phenoxy) is 1. The highest BCUT2D eigenvalue weighted by molar-refractivity contribution is 6.00. The smallest absolute Gasteiger partial charge is 0.323 e. The lowest BCUT2D eigenvalue weighted by atomic mass is 10.0. The first-order valence-electron chi connectivity index (χ1n) is 7.40. The Labute approximate surface area is 133 Å². The largest absolute Gasteiger partial charge is 0.495 e. The van der Waals surface area contributed by atoms with Gasteiger partial charge in [-0.15, -0.1) is 0 Å². The van der Waals surface area contributed by atoms with E-state index in [1.807, 2.05) is 18.2 Å². The van der Waals surface area contributed by atoms with Gasteiger partial charge in [-0.05, 0) is 48.4 Å². The van der Waals surface area contributed by atoms with Crippen LogP contribution < -0.4 is 20.7 Å². The van der Waals surface area contributed by atoms with Gasteiger partial charge >= 0.3 is 6.03 Å². The van der Waals surface area contributed by atoms with Crippen LogP contribution in [-0.2, 0) is 13.0 Å². The molecule has 0 spiro atoms. The van der Waals surface area contributed by atoms with Crippen LogP contribution in [0, 0.1) is 5.82 Å². The van der Waals surface area contributed by atoms with E-state index in [0.29, 0.717) is 11.4 Å². The Kier molecular flexibility index (Phi) is 4.43. The number of nitrogens with one attached hydrogen (secondary N) is 3. The zero-order valence-corrected chi connectivity index (χ0v) is 12.8. The minimum absolute atomic E-state index is 0.284. The van der Waals surface area contributed by atoms with Gasteiger partial charge in [-0.25, -0.2) is 9.18 Å². The van der Waals surface area contributed by atoms with Gasteiger partial charge in [-0.3, -0.25) is 0 Å². The highest BCUT2D eigenvalue weighted by atomic mass is 19.1. The molecule has 2 amide bonds. The standard InChI is InChI=1S/C17H18FN3O2/c1-23-16-5-3-13(18)9-15(16)21-17(22)20-14-4-2-12-10-19-7-6-11(12)8-14/h2-5,8-9,19H,6-7,10H2,1H3,(H2,20,21,22). The predicted octanol–water partition coefficient (Wildman–Crippen LogP) is 3.12. The maximum Gasteiger partial charge on any atom is 0.323 e. The monoisotopic (exact) mass is 315 g/mol. The van der Waals surface area contributed by atoms with Crippen molar-refractivity contribution in [2.75, 3.05) is 24.3 Å². The van der Waals surface area contributed by atoms with E-state index in [0.717, 1.165) is 19.5 Å². The van der Waals surface area contributed by atoms with Crippen LogP contribution in [0.3, 0.4) is 0 Å². The number of urea groups is 1. The molecule has 0 aliphatic carbocycles. The molecule has 0 aromatic heterocycles. The summed E-state index contributed by atoms with van der Waals surface area (Å²) in [5.74, 6) is -0.0413. The molecule has 2 aromatic carbocycles. The molecule has 3 N–H and O–H groups in total. The van der Waals surface area contributed by atoms with Crippen molar-refractivity contribution in [1.82, 2.24) is 5.32 Å². The van der Waals surface area contributed by atoms with E-state index in [4.69, 9.17) is 4.74 Å². The lowest BCUT2D eigenvalue weighted by molar-refractivity contribution is 0.262. The number of carbonyl (C=O) groups excluding carboxylic acids is 1. The molecule has 1 aliphatic heterocycles. The molecule has 120 valence electrons. The van der Waals surface area contributed by atoms with Crippen molar-refractivity contribution >= 4 is 17.4 Å². The number of carbonyl (C=O) groups is 1. The van der Waals surface area contributed by atoms with Crippen molar-refractivity contribution in [2.45, 2.75) is 13.0 Å². The zero-order valence-electron chi connectivity index (χ0n) is 12.8. The van der Waals surface area contributed by atoms with Crippen molar-refractivity contribution in [3.8, 4) is 5.75 Å². The number of anilines is 2. The summed E-state index contributed by atoms with van der Waals surface area (Å²) in [7, 11) is 1.47. The minimum atomic E-state index is -0.442. The summed E-state index contributed by atoms with van der Waals surface area (Å²) in [4.78, 5) is 12.1. The van der Waals surface area contributed by atoms with E-state index in [1.54, 1.807) is 0 Å². The molecule has 0 radical (unpaired) electrons. The van der Waals surface area contributed by atoms with Crippen LogP contribution in [0.5, 0.6) is 5.75 Å². The van der Waals surface area contributed by atoms with Gasteiger partial charge in [0.2, 0.25) is 0 Å². The summed E-state index contributed by atoms with van der Waals surface area (Å²) in [6.07, 6.45) is 0.935. The first kappa shape index (κ1) is 15.3. The lowest BCUT2D eigenvalue weighted by Gasteiger charge is -2.18. The van der Waals surface area contributed by atoms with Crippen LogP contribution in [0.2, 0.25) is 0 Å². The Hall–Kier alpha value is -2.60. The second-order valence-electron chi connectivity index (χ2n) is 5.33. The van der Waals surface area contributed by atoms with Crippen molar-refractivity contribution in [3.05, 3.63) is 53.3 Å². The number of rotatable bonds is 3. The molecule has 0 atom stereocenters. The first-order valence-corrected chi connectivity index (χ1v) is 7.40. The van der Waals surface area contributed by atoms with Crippen LogP contribution in [0.4, 0.5) is 20.6 Å². The average molecular weight is 315 g/mol. The number of methoxy groups -OCH3 is 1. The summed E-state index contributed by atoms with van der Waals surface area (Å²) in [6, 6.07) is 9.35. The van der Waals surface area contributed by atoms with Crippen LogP contribution in [0.15, 0.2) is 36.4 Å². The number of halogens is 1. The van der Waals surface area contributed by atoms with Gasteiger partial charge in [0.05, 0.1) is 12.8 Å². The Bertz CT molecular complexity index is 734. The lowest BCUT2D eigenvalue weighted by Crippen LogP contribution is -2.24. The highest BCUT2D eigenvalue weighted by Crippen LogP contribution is 2.25. The van der Waals surface area contributed by atoms with Gasteiger partial charge in [-0.2, -0.15) is 0 Å². The fourth-order valence-electron chi connectivity index (χ4n) is 2.62. The molecule has 0 unspecified atom stereocenters. The van der Waals surface area contributed by atoms with Gasteiger partial charge in [0.1, 0.15) is 11.6 Å². The Morgan fingerprint density at radius 1 is 1.17 bits per heavy atom. The molecule has 6 heteroatoms. The van der Waals surface area contributed by atoms with Crippen LogP contribution in [0.25, 0.3) is 0 Å². The molecule has 0 fully saturated rings. The number of amides is 2. The third-order valence-corrected chi connectivity index (χ3v) is 3.76. The minimum Gasteiger partial charge on any atom is -0.495 e. The molecule has 1 heterocycles. The number of hydrogen-bond acceptors (Lipinski definition) is 3. The van der Waals surface area contributed by atoms with E-state index in [1.165, 1.54) is 36.4 Å². The normalized spacial score (nSPS) is 13.1. The predicted molar refractivity (Wildman–Crippen MR) is 87.4 cm³/mol. The molecule has 0 saturated heterocycles. The second kappa shape index (κ2) is 6.66. The van der Waals surface area contributed by atoms with Crippen molar-refractivity contribution in [1.29, 1.82) is 0 Å². The Morgan fingerprint density at radius 3 is 2.87 bits per heavy atom. The maximum atomic E-state index is 13.3. The average Bonchev–Trinajstić information content (AvgIpc) is 2.55. The fourth-order valence-corrected chi connectivity index (χ4v) is 2.62. The molecule has 3 rings (SSSR count). The topological polar surface area (TPSA) is 62.4 Å². The van der Waals surface area contributed by atoms with E-state index < -0.39 is 11.8 Å². The SMILES string of the molecule is COc1ccc(F)cc1NC(=O)Nc1ccc2c(c1)CCNC2. The fraction of sp³-hybridized carbons (Fsp3) is 0.235. The third kappa shape index (κ3) is 3.60. The zero-order chi connectivity index (χ0) is 16.2. The molecular formula is C17H18FN3O2. The Morgan fingerprint density at radius 2 is 2.04 bits per heavy atom. The van der Waals surface area contributed by atoms with Crippen LogP contribution in [0.1, 0.15) is 11.1 Å². The summed E-state index contributed by atoms with van der Waals surface area (Å²) in [6.45, 7) is 1.78. The molecule has 5 nitrogen and oxygen atoms in total. The van der Waals surface area contributed by atoms with E-state index in [2.05, 4.69) is 16.0 Å². The van der Waals surface area contributed by atoms with E-state index >= 15 is 0 Å². The molecular weight excluding hydrogens is 297 g/mol. The summed E-state index contributed by atoms with van der Waals surface area (Å²) in [5, 5.41) is 8.67. The summed E-state index contributed by atoms with van der Waals surface area (Å²) >= 11 is 0. The molecule has 0 bridgehead atoms. The van der Waals surface area contributed by atoms with E-state index in [-0.39, 0.29) is 5.69 Å². The molecule has 23 heavy (non-hydrogen) atoms. The van der Waals surface area contributed by atoms with Crippen LogP contribution in [-0.4, -0.2) is 19.7 Å². The first-order chi connectivity index (χ1) is 11.2. The van der Waals surface area contributed by atoms with E-state index in [9.17, 15) is 9.18 Å². The van der Waals surface area contributed by atoms with Gasteiger partial charge in [0.25, 0.3) is 0 Å². The molecule has 0 saturated carbocycles. The maximum absolute atomic E-state index is 13.3. The van der Waals surface area contributed by atoms with Crippen LogP contribution >= 0.6 is 0 Å². The van der Waals surface area contributed by atoms with Gasteiger partial charge < -0.3 is 20.7 Å². The Balaban J connectivity index is 1.71. The van der Waals surface area contributed by atoms with Crippen molar-refractivity contribution < 1.29 is 13.9 Å². The number of benzene rings is 2. The second-order valence-corrected chi connectivity index (χ2v) is 5.33. The number of fused-ring (bicyclic) bond motifs is 1. The van der Waals surface area contributed by atoms with Gasteiger partial charge in [0.15, 0.2) is 0 Å². The van der Waals surface area contributed by atoms with Gasteiger partial charge in [0, 0.05) is 18.3 Å². The van der Waals surface area contributed by atoms with Crippen molar-refractivity contribution in [3.63, 3.8) is 0 Å². The highest BCUT2D eigenvalue weighted by Gasteiger charge is 2.12. The van der Waals surface area contributed by atoms with Crippen molar-refractivity contribution in [2.24, 2.45) is 0 Å². The molecule has 2 aromatic rings. The third-order valence-electron chi connectivity index (χ3n) is 3.76. The van der Waals surface area contributed by atoms with Gasteiger partial charge in [-0.1, -0.05) is 6.07 Å².